The van der Waals surface area contributed by atoms with E-state index in [1.165, 1.54) is 0 Å². The van der Waals surface area contributed by atoms with E-state index in [1.807, 2.05) is 48.8 Å². The summed E-state index contributed by atoms with van der Waals surface area (Å²) in [7, 11) is 0. The maximum Gasteiger partial charge on any atom is 0.138 e. The first-order valence-corrected chi connectivity index (χ1v) is 14.6. The van der Waals surface area contributed by atoms with Gasteiger partial charge >= 0.3 is 0 Å². The summed E-state index contributed by atoms with van der Waals surface area (Å²) in [4.78, 5) is 9.75. The third-order valence-electron chi connectivity index (χ3n) is 8.03. The van der Waals surface area contributed by atoms with Gasteiger partial charge in [0.15, 0.2) is 0 Å². The molecule has 8 aromatic rings. The maximum atomic E-state index is 5.86. The van der Waals surface area contributed by atoms with E-state index in [0.717, 1.165) is 72.1 Å². The predicted octanol–water partition coefficient (Wildman–Crippen LogP) is 10.4. The molecule has 8 rings (SSSR count). The van der Waals surface area contributed by atoms with Gasteiger partial charge in [0, 0.05) is 34.1 Å². The monoisotopic (exact) mass is 565 g/mol. The Bertz CT molecular complexity index is 2280. The second-order valence-electron chi connectivity index (χ2n) is 10.7. The Morgan fingerprint density at radius 1 is 0.500 bits per heavy atom. The van der Waals surface area contributed by atoms with Crippen molar-refractivity contribution in [3.8, 4) is 39.3 Å². The van der Waals surface area contributed by atoms with Gasteiger partial charge in [0.2, 0.25) is 0 Å². The zero-order valence-electron chi connectivity index (χ0n) is 23.8. The largest absolute Gasteiger partial charge is 0.464 e. The van der Waals surface area contributed by atoms with E-state index in [-0.39, 0.29) is 0 Å². The molecule has 0 saturated heterocycles. The van der Waals surface area contributed by atoms with Crippen LogP contribution in [0, 0.1) is 0 Å². The van der Waals surface area contributed by atoms with Crippen molar-refractivity contribution in [2.75, 3.05) is 0 Å². The fraction of sp³-hybridized carbons (Fsp3) is 0. The molecule has 0 aliphatic rings. The van der Waals surface area contributed by atoms with Crippen LogP contribution in [0.3, 0.4) is 0 Å². The lowest BCUT2D eigenvalue weighted by molar-refractivity contribution is 0.606. The molecule has 0 N–H and O–H groups in total. The van der Waals surface area contributed by atoms with Crippen LogP contribution in [0.2, 0.25) is 0 Å². The summed E-state index contributed by atoms with van der Waals surface area (Å²) in [5.74, 6) is 0.863. The van der Waals surface area contributed by atoms with Crippen LogP contribution in [-0.2, 0) is 0 Å². The lowest BCUT2D eigenvalue weighted by Gasteiger charge is -2.13. The Morgan fingerprint density at radius 3 is 2.07 bits per heavy atom. The Morgan fingerprint density at radius 2 is 1.20 bits per heavy atom. The molecule has 0 unspecified atom stereocenters. The van der Waals surface area contributed by atoms with Crippen LogP contribution in [0.5, 0.6) is 0 Å². The number of hydrogen-bond acceptors (Lipinski definition) is 3. The Balaban J connectivity index is 1.36. The fourth-order valence-corrected chi connectivity index (χ4v) is 5.89. The van der Waals surface area contributed by atoms with Crippen LogP contribution in [0.4, 0.5) is 0 Å². The molecule has 4 heterocycles. The highest BCUT2D eigenvalue weighted by Gasteiger charge is 2.16. The molecule has 44 heavy (non-hydrogen) atoms. The number of hydrogen-bond donors (Lipinski definition) is 0. The van der Waals surface area contributed by atoms with Crippen LogP contribution in [-0.4, -0.2) is 14.5 Å². The van der Waals surface area contributed by atoms with E-state index in [2.05, 4.69) is 119 Å². The highest BCUT2D eigenvalue weighted by molar-refractivity contribution is 6.10. The molecule has 0 saturated carbocycles. The van der Waals surface area contributed by atoms with Crippen LogP contribution in [0.1, 0.15) is 0 Å². The van der Waals surface area contributed by atoms with Crippen molar-refractivity contribution >= 4 is 32.8 Å². The Kier molecular flexibility index (Phi) is 6.43. The SMILES string of the molecule is c1ccc(-c2cc(-c3ccccc3)nc(-n3c4ccncc4c4cc(-c5cccoc6ccccc6cc5)ccc43)c2)cc1. The van der Waals surface area contributed by atoms with Crippen LogP contribution < -0.4 is 0 Å². The van der Waals surface area contributed by atoms with Crippen LogP contribution >= 0.6 is 0 Å². The Labute approximate surface area is 254 Å². The number of pyridine rings is 2. The van der Waals surface area contributed by atoms with Crippen molar-refractivity contribution in [3.05, 3.63) is 164 Å². The standard InChI is InChI=1S/C40H27N3O/c1-3-10-28(11-4-1)33-25-36(30-12-5-2-6-13-30)42-40(26-33)43-37-20-19-32(24-34(37)35-27-41-22-21-38(35)43)29-15-9-23-44-39-16-8-7-14-31(39)18-17-29/h1-27H. The summed E-state index contributed by atoms with van der Waals surface area (Å²) in [6, 6.07) is 50.2. The van der Waals surface area contributed by atoms with E-state index >= 15 is 0 Å². The molecule has 4 aromatic heterocycles. The molecular formula is C40H27N3O. The van der Waals surface area contributed by atoms with Gasteiger partial charge in [-0.05, 0) is 64.7 Å². The molecule has 4 aromatic carbocycles. The van der Waals surface area contributed by atoms with Gasteiger partial charge in [-0.15, -0.1) is 0 Å². The van der Waals surface area contributed by atoms with E-state index in [0.29, 0.717) is 0 Å². The first kappa shape index (κ1) is 25.7. The average Bonchev–Trinajstić information content (AvgIpc) is 3.47. The predicted molar refractivity (Wildman–Crippen MR) is 180 cm³/mol. The van der Waals surface area contributed by atoms with Gasteiger partial charge in [0.25, 0.3) is 0 Å². The maximum absolute atomic E-state index is 5.86. The first-order valence-electron chi connectivity index (χ1n) is 14.6. The van der Waals surface area contributed by atoms with E-state index in [1.54, 1.807) is 6.26 Å². The molecule has 0 aliphatic heterocycles. The summed E-state index contributed by atoms with van der Waals surface area (Å²) in [6.07, 6.45) is 5.54. The minimum absolute atomic E-state index is 0.833. The summed E-state index contributed by atoms with van der Waals surface area (Å²) < 4.78 is 8.12. The smallest absolute Gasteiger partial charge is 0.138 e. The van der Waals surface area contributed by atoms with Gasteiger partial charge in [-0.1, -0.05) is 103 Å². The molecule has 4 heteroatoms. The number of fused-ring (bicyclic) bond motifs is 4. The van der Waals surface area contributed by atoms with Crippen LogP contribution in [0.25, 0.3) is 72.1 Å². The average molecular weight is 566 g/mol. The molecule has 0 amide bonds. The van der Waals surface area contributed by atoms with E-state index < -0.39 is 0 Å². The Hall–Kier alpha value is -6.00. The van der Waals surface area contributed by atoms with Gasteiger partial charge in [-0.2, -0.15) is 0 Å². The third-order valence-corrected chi connectivity index (χ3v) is 8.03. The number of benzene rings is 4. The second kappa shape index (κ2) is 11.0. The minimum Gasteiger partial charge on any atom is -0.464 e. The van der Waals surface area contributed by atoms with Gasteiger partial charge in [-0.3, -0.25) is 9.55 Å². The van der Waals surface area contributed by atoms with E-state index in [9.17, 15) is 0 Å². The quantitative estimate of drug-likeness (QED) is 0.213. The summed E-state index contributed by atoms with van der Waals surface area (Å²) in [6.45, 7) is 0. The lowest BCUT2D eigenvalue weighted by Crippen LogP contribution is -2.00. The normalized spacial score (nSPS) is 11.2. The molecule has 0 spiro atoms. The summed E-state index contributed by atoms with van der Waals surface area (Å²) in [5.41, 5.74) is 9.43. The van der Waals surface area contributed by atoms with Gasteiger partial charge in [-0.25, -0.2) is 4.98 Å². The first-order chi connectivity index (χ1) is 21.8. The minimum atomic E-state index is 0.833. The highest BCUT2D eigenvalue weighted by Crippen LogP contribution is 2.36. The van der Waals surface area contributed by atoms with Gasteiger partial charge < -0.3 is 4.42 Å². The molecule has 208 valence electrons. The third kappa shape index (κ3) is 4.69. The zero-order valence-corrected chi connectivity index (χ0v) is 23.8. The second-order valence-corrected chi connectivity index (χ2v) is 10.7. The molecule has 4 nitrogen and oxygen atoms in total. The number of nitrogens with zero attached hydrogens (tertiary/aromatic N) is 3. The van der Waals surface area contributed by atoms with Crippen molar-refractivity contribution in [2.45, 2.75) is 0 Å². The summed E-state index contributed by atoms with van der Waals surface area (Å²) >= 11 is 0. The fourth-order valence-electron chi connectivity index (χ4n) is 5.89. The molecule has 0 bridgehead atoms. The molecule has 0 fully saturated rings. The number of rotatable bonds is 4. The molecule has 0 radical (unpaired) electrons. The van der Waals surface area contributed by atoms with Crippen molar-refractivity contribution < 1.29 is 4.42 Å². The van der Waals surface area contributed by atoms with Crippen molar-refractivity contribution in [1.29, 1.82) is 0 Å². The topological polar surface area (TPSA) is 43.9 Å². The van der Waals surface area contributed by atoms with E-state index in [4.69, 9.17) is 9.40 Å². The molecular weight excluding hydrogens is 538 g/mol. The van der Waals surface area contributed by atoms with Gasteiger partial charge in [0.05, 0.1) is 23.0 Å². The van der Waals surface area contributed by atoms with Crippen molar-refractivity contribution in [2.24, 2.45) is 0 Å². The summed E-state index contributed by atoms with van der Waals surface area (Å²) in [5, 5.41) is 3.23. The molecule has 0 atom stereocenters. The van der Waals surface area contributed by atoms with Crippen LogP contribution in [0.15, 0.2) is 169 Å². The van der Waals surface area contributed by atoms with Crippen molar-refractivity contribution in [3.63, 3.8) is 0 Å². The van der Waals surface area contributed by atoms with Crippen molar-refractivity contribution in [1.82, 2.24) is 14.5 Å². The zero-order chi connectivity index (χ0) is 29.3. The lowest BCUT2D eigenvalue weighted by atomic mass is 10.0. The highest BCUT2D eigenvalue weighted by atomic mass is 16.3. The number of aromatic nitrogens is 3. The van der Waals surface area contributed by atoms with Gasteiger partial charge in [0.1, 0.15) is 11.4 Å². The number of para-hydroxylation sites is 1. The molecule has 0 aliphatic carbocycles.